The van der Waals surface area contributed by atoms with Gasteiger partial charge >= 0.3 is 12.2 Å². The fraction of sp³-hybridized carbons (Fsp3) is 1.00. The molecule has 0 unspecified atom stereocenters. The monoisotopic (exact) mass is 244 g/mol. The molecule has 0 radical (unpaired) electrons. The van der Waals surface area contributed by atoms with Gasteiger partial charge in [-0.1, -0.05) is 0 Å². The molecule has 0 atom stereocenters. The molecule has 0 saturated carbocycles. The summed E-state index contributed by atoms with van der Waals surface area (Å²) in [7, 11) is 1.76. The number of hydrogen-bond acceptors (Lipinski definition) is 3. The number of likely N-dealkylation sites (N-methyl/N-ethyl adjacent to an activating group) is 1. The molecule has 1 rings (SSSR count). The number of piperazine rings is 1. The molecule has 96 valence electrons. The molecule has 0 amide bonds. The summed E-state index contributed by atoms with van der Waals surface area (Å²) in [6.45, 7) is 1.32. The van der Waals surface area contributed by atoms with Gasteiger partial charge in [-0.3, -0.25) is 0 Å². The molecule has 1 fully saturated rings. The van der Waals surface area contributed by atoms with E-state index in [1.807, 2.05) is 4.90 Å². The summed E-state index contributed by atoms with van der Waals surface area (Å²) in [5.41, 5.74) is 0. The van der Waals surface area contributed by atoms with E-state index >= 15 is 0 Å². The smallest absolute Gasteiger partial charge is 0.315 e. The fourth-order valence-electron chi connectivity index (χ4n) is 1.54. The highest BCUT2D eigenvalue weighted by Gasteiger charge is 2.61. The third-order valence-electron chi connectivity index (χ3n) is 2.58. The van der Waals surface area contributed by atoms with Crippen molar-refractivity contribution in [1.29, 1.82) is 0 Å². The minimum absolute atomic E-state index is 0.0911. The van der Waals surface area contributed by atoms with Crippen LogP contribution in [0.3, 0.4) is 0 Å². The Labute approximate surface area is 91.9 Å². The van der Waals surface area contributed by atoms with Gasteiger partial charge in [-0.05, 0) is 14.0 Å². The quantitative estimate of drug-likeness (QED) is 0.550. The molecule has 0 aromatic carbocycles. The average molecular weight is 244 g/mol. The molecule has 0 spiro atoms. The van der Waals surface area contributed by atoms with Crippen LogP contribution in [0.5, 0.6) is 0 Å². The second kappa shape index (κ2) is 4.85. The number of nitrogens with zero attached hydrogens (tertiary/aromatic N) is 2. The topological polar surface area (TPSA) is 15.7 Å². The first kappa shape index (κ1) is 13.7. The third kappa shape index (κ3) is 2.64. The van der Waals surface area contributed by atoms with Gasteiger partial charge < -0.3 is 9.64 Å². The zero-order valence-electron chi connectivity index (χ0n) is 9.35. The normalized spacial score (nSPS) is 21.4. The van der Waals surface area contributed by atoms with Gasteiger partial charge in [0.2, 0.25) is 0 Å². The van der Waals surface area contributed by atoms with Crippen molar-refractivity contribution in [2.45, 2.75) is 19.1 Å². The van der Waals surface area contributed by atoms with E-state index in [2.05, 4.69) is 4.74 Å². The van der Waals surface area contributed by atoms with Crippen LogP contribution in [0.1, 0.15) is 6.92 Å². The van der Waals surface area contributed by atoms with Crippen LogP contribution in [0, 0.1) is 0 Å². The van der Waals surface area contributed by atoms with Gasteiger partial charge in [0.1, 0.15) is 0 Å². The molecule has 1 saturated heterocycles. The molecular formula is C9H16F4N2O. The first-order valence-corrected chi connectivity index (χ1v) is 5.14. The van der Waals surface area contributed by atoms with E-state index in [0.717, 1.165) is 0 Å². The summed E-state index contributed by atoms with van der Waals surface area (Å²) in [6.07, 6.45) is -4.43. The minimum Gasteiger partial charge on any atom is -0.315 e. The lowest BCUT2D eigenvalue weighted by atomic mass is 10.3. The largest absolute Gasteiger partial charge is 0.434 e. The number of rotatable bonds is 4. The summed E-state index contributed by atoms with van der Waals surface area (Å²) in [5, 5.41) is 0. The predicted octanol–water partition coefficient (Wildman–Crippen LogP) is 1.46. The molecule has 0 aromatic rings. The Morgan fingerprint density at radius 2 is 1.56 bits per heavy atom. The lowest BCUT2D eigenvalue weighted by Crippen LogP contribution is -2.60. The van der Waals surface area contributed by atoms with Crippen molar-refractivity contribution in [3.05, 3.63) is 0 Å². The van der Waals surface area contributed by atoms with Crippen LogP contribution >= 0.6 is 0 Å². The summed E-state index contributed by atoms with van der Waals surface area (Å²) in [6, 6.07) is -4.25. The van der Waals surface area contributed by atoms with E-state index in [4.69, 9.17) is 0 Å². The van der Waals surface area contributed by atoms with E-state index < -0.39 is 18.8 Å². The first-order valence-electron chi connectivity index (χ1n) is 5.14. The maximum Gasteiger partial charge on any atom is 0.434 e. The van der Waals surface area contributed by atoms with Gasteiger partial charge in [0.25, 0.3) is 0 Å². The van der Waals surface area contributed by atoms with Crippen LogP contribution in [0.15, 0.2) is 0 Å². The number of ether oxygens (including phenoxy) is 1. The Balaban J connectivity index is 2.68. The van der Waals surface area contributed by atoms with Gasteiger partial charge in [0.15, 0.2) is 0 Å². The summed E-state index contributed by atoms with van der Waals surface area (Å²) >= 11 is 0. The van der Waals surface area contributed by atoms with E-state index in [-0.39, 0.29) is 13.1 Å². The first-order chi connectivity index (χ1) is 7.31. The number of halogens is 4. The van der Waals surface area contributed by atoms with Crippen LogP contribution in [0.2, 0.25) is 0 Å². The molecule has 0 aliphatic carbocycles. The zero-order chi connectivity index (χ0) is 12.4. The second-order valence-corrected chi connectivity index (χ2v) is 3.78. The van der Waals surface area contributed by atoms with Crippen molar-refractivity contribution in [3.8, 4) is 0 Å². The standard InChI is InChI=1S/C9H16F4N2O/c1-3-16-9(12,13)8(10,11)15-6-4-14(2)5-7-15/h3-7H2,1-2H3. The van der Waals surface area contributed by atoms with Crippen LogP contribution in [0.4, 0.5) is 17.6 Å². The van der Waals surface area contributed by atoms with Gasteiger partial charge in [-0.25, -0.2) is 4.90 Å². The Morgan fingerprint density at radius 1 is 1.06 bits per heavy atom. The molecule has 1 heterocycles. The highest BCUT2D eigenvalue weighted by atomic mass is 19.3. The zero-order valence-corrected chi connectivity index (χ0v) is 9.35. The maximum atomic E-state index is 13.4. The van der Waals surface area contributed by atoms with Gasteiger partial charge in [0, 0.05) is 26.2 Å². The lowest BCUT2D eigenvalue weighted by molar-refractivity contribution is -0.391. The fourth-order valence-corrected chi connectivity index (χ4v) is 1.54. The van der Waals surface area contributed by atoms with E-state index in [1.54, 1.807) is 7.05 Å². The predicted molar refractivity (Wildman–Crippen MR) is 50.6 cm³/mol. The van der Waals surface area contributed by atoms with Gasteiger partial charge in [0.05, 0.1) is 6.61 Å². The van der Waals surface area contributed by atoms with Crippen molar-refractivity contribution in [1.82, 2.24) is 9.80 Å². The maximum absolute atomic E-state index is 13.4. The van der Waals surface area contributed by atoms with Crippen molar-refractivity contribution in [2.75, 3.05) is 39.8 Å². The van der Waals surface area contributed by atoms with E-state index in [0.29, 0.717) is 18.0 Å². The van der Waals surface area contributed by atoms with Crippen LogP contribution in [-0.2, 0) is 4.74 Å². The molecule has 0 N–H and O–H groups in total. The van der Waals surface area contributed by atoms with Crippen LogP contribution < -0.4 is 0 Å². The molecule has 0 aromatic heterocycles. The molecule has 3 nitrogen and oxygen atoms in total. The Morgan fingerprint density at radius 3 is 2.00 bits per heavy atom. The second-order valence-electron chi connectivity index (χ2n) is 3.78. The molecular weight excluding hydrogens is 228 g/mol. The average Bonchev–Trinajstić information content (AvgIpc) is 2.18. The van der Waals surface area contributed by atoms with Gasteiger partial charge in [-0.2, -0.15) is 17.6 Å². The Kier molecular flexibility index (Phi) is 4.14. The van der Waals surface area contributed by atoms with E-state index in [1.165, 1.54) is 6.92 Å². The minimum atomic E-state index is -4.43. The lowest BCUT2D eigenvalue weighted by Gasteiger charge is -2.39. The summed E-state index contributed by atoms with van der Waals surface area (Å²) in [4.78, 5) is 2.29. The van der Waals surface area contributed by atoms with Crippen molar-refractivity contribution in [2.24, 2.45) is 0 Å². The highest BCUT2D eigenvalue weighted by molar-refractivity contribution is 4.82. The summed E-state index contributed by atoms with van der Waals surface area (Å²) < 4.78 is 56.8. The Bertz CT molecular complexity index is 230. The van der Waals surface area contributed by atoms with Gasteiger partial charge in [-0.15, -0.1) is 0 Å². The van der Waals surface area contributed by atoms with Crippen molar-refractivity contribution < 1.29 is 22.3 Å². The molecule has 16 heavy (non-hydrogen) atoms. The molecule has 7 heteroatoms. The molecule has 1 aliphatic heterocycles. The molecule has 1 aliphatic rings. The van der Waals surface area contributed by atoms with Crippen molar-refractivity contribution >= 4 is 0 Å². The Hall–Kier alpha value is -0.400. The third-order valence-corrected chi connectivity index (χ3v) is 2.58. The summed E-state index contributed by atoms with van der Waals surface area (Å²) in [5.74, 6) is 0. The number of hydrogen-bond donors (Lipinski definition) is 0. The molecule has 0 bridgehead atoms. The number of alkyl halides is 4. The van der Waals surface area contributed by atoms with Crippen molar-refractivity contribution in [3.63, 3.8) is 0 Å². The van der Waals surface area contributed by atoms with Crippen LogP contribution in [0.25, 0.3) is 0 Å². The highest BCUT2D eigenvalue weighted by Crippen LogP contribution is 2.38. The van der Waals surface area contributed by atoms with E-state index in [9.17, 15) is 17.6 Å². The van der Waals surface area contributed by atoms with Crippen LogP contribution in [-0.4, -0.2) is 61.8 Å². The SMILES string of the molecule is CCOC(F)(F)C(F)(F)N1CCN(C)CC1.